The molecule has 1 aromatic carbocycles. The zero-order valence-corrected chi connectivity index (χ0v) is 11.6. The van der Waals surface area contributed by atoms with E-state index in [0.29, 0.717) is 6.42 Å². The van der Waals surface area contributed by atoms with Crippen LogP contribution in [0.4, 0.5) is 0 Å². The van der Waals surface area contributed by atoms with Crippen molar-refractivity contribution in [3.63, 3.8) is 0 Å². The maximum Gasteiger partial charge on any atom is 0.359 e. The number of benzene rings is 1. The number of carbonyl (C=O) groups is 1. The lowest BCUT2D eigenvalue weighted by Gasteiger charge is -2.14. The highest BCUT2D eigenvalue weighted by Gasteiger charge is 2.19. The number of hydrogen-bond acceptors (Lipinski definition) is 4. The maximum absolute atomic E-state index is 11.6. The van der Waals surface area contributed by atoms with Gasteiger partial charge in [-0.2, -0.15) is 4.89 Å². The summed E-state index contributed by atoms with van der Waals surface area (Å²) in [7, 11) is 3.01. The second-order valence-electron chi connectivity index (χ2n) is 3.89. The molecule has 0 aliphatic rings. The van der Waals surface area contributed by atoms with Crippen molar-refractivity contribution in [3.8, 4) is 0 Å². The molecule has 18 heavy (non-hydrogen) atoms. The van der Waals surface area contributed by atoms with Gasteiger partial charge in [-0.15, -0.1) is 0 Å². The van der Waals surface area contributed by atoms with Crippen molar-refractivity contribution in [1.82, 2.24) is 5.32 Å². The van der Waals surface area contributed by atoms with E-state index in [1.165, 1.54) is 7.11 Å². The van der Waals surface area contributed by atoms with E-state index >= 15 is 0 Å². The van der Waals surface area contributed by atoms with E-state index in [0.717, 1.165) is 22.6 Å². The van der Waals surface area contributed by atoms with Crippen LogP contribution in [0.5, 0.6) is 0 Å². The molecular formula is C13H18ClNO3. The summed E-state index contributed by atoms with van der Waals surface area (Å²) in [4.78, 5) is 20.5. The van der Waals surface area contributed by atoms with Crippen molar-refractivity contribution in [3.05, 3.63) is 34.3 Å². The van der Waals surface area contributed by atoms with Crippen molar-refractivity contribution in [2.75, 3.05) is 14.2 Å². The SMILES string of the molecule is CCc1cc(C[C@H](NC)C(=O)OOC)ccc1Cl. The molecule has 1 N–H and O–H groups in total. The Labute approximate surface area is 112 Å². The highest BCUT2D eigenvalue weighted by Crippen LogP contribution is 2.19. The topological polar surface area (TPSA) is 47.6 Å². The molecule has 0 radical (unpaired) electrons. The molecule has 1 aromatic rings. The summed E-state index contributed by atoms with van der Waals surface area (Å²) >= 11 is 6.05. The molecule has 4 nitrogen and oxygen atoms in total. The van der Waals surface area contributed by atoms with Crippen LogP contribution in [0.2, 0.25) is 5.02 Å². The van der Waals surface area contributed by atoms with Gasteiger partial charge in [0.25, 0.3) is 0 Å². The van der Waals surface area contributed by atoms with Gasteiger partial charge in [-0.05, 0) is 37.1 Å². The van der Waals surface area contributed by atoms with Gasteiger partial charge >= 0.3 is 5.97 Å². The van der Waals surface area contributed by atoms with Crippen LogP contribution in [0.15, 0.2) is 18.2 Å². The Bertz CT molecular complexity index is 409. The minimum absolute atomic E-state index is 0.434. The van der Waals surface area contributed by atoms with Crippen molar-refractivity contribution >= 4 is 17.6 Å². The summed E-state index contributed by atoms with van der Waals surface area (Å²) in [6.07, 6.45) is 1.39. The first kappa shape index (κ1) is 15.0. The number of carbonyl (C=O) groups excluding carboxylic acids is 1. The summed E-state index contributed by atoms with van der Waals surface area (Å²) in [6, 6.07) is 5.33. The molecule has 0 fully saturated rings. The summed E-state index contributed by atoms with van der Waals surface area (Å²) in [6.45, 7) is 2.04. The number of aryl methyl sites for hydroxylation is 1. The van der Waals surface area contributed by atoms with Crippen LogP contribution in [0.3, 0.4) is 0 Å². The largest absolute Gasteiger partial charge is 0.359 e. The van der Waals surface area contributed by atoms with Gasteiger partial charge in [-0.1, -0.05) is 30.7 Å². The third-order valence-electron chi connectivity index (χ3n) is 2.73. The van der Waals surface area contributed by atoms with Gasteiger partial charge in [0.1, 0.15) is 6.04 Å². The summed E-state index contributed by atoms with van der Waals surface area (Å²) in [5.74, 6) is -0.437. The lowest BCUT2D eigenvalue weighted by atomic mass is 10.0. The number of likely N-dealkylation sites (N-methyl/N-ethyl adjacent to an activating group) is 1. The van der Waals surface area contributed by atoms with E-state index in [1.807, 2.05) is 25.1 Å². The Balaban J connectivity index is 2.78. The van der Waals surface area contributed by atoms with E-state index in [2.05, 4.69) is 15.1 Å². The van der Waals surface area contributed by atoms with E-state index in [1.54, 1.807) is 7.05 Å². The number of rotatable bonds is 6. The number of nitrogens with one attached hydrogen (secondary N) is 1. The molecule has 1 atom stereocenters. The van der Waals surface area contributed by atoms with Crippen LogP contribution in [-0.2, 0) is 27.4 Å². The minimum Gasteiger partial charge on any atom is -0.307 e. The molecule has 0 aliphatic heterocycles. The molecule has 0 spiro atoms. The average molecular weight is 272 g/mol. The molecule has 0 aliphatic carbocycles. The Morgan fingerprint density at radius 1 is 1.50 bits per heavy atom. The first-order chi connectivity index (χ1) is 8.62. The first-order valence-corrected chi connectivity index (χ1v) is 6.19. The van der Waals surface area contributed by atoms with E-state index in [9.17, 15) is 4.79 Å². The minimum atomic E-state index is -0.437. The fourth-order valence-electron chi connectivity index (χ4n) is 1.71. The van der Waals surface area contributed by atoms with Crippen LogP contribution < -0.4 is 5.32 Å². The van der Waals surface area contributed by atoms with Crippen LogP contribution in [0.25, 0.3) is 0 Å². The molecule has 0 saturated carbocycles. The fourth-order valence-corrected chi connectivity index (χ4v) is 1.96. The van der Waals surface area contributed by atoms with Crippen LogP contribution in [0.1, 0.15) is 18.1 Å². The van der Waals surface area contributed by atoms with Crippen molar-refractivity contribution in [2.24, 2.45) is 0 Å². The molecule has 0 bridgehead atoms. The molecule has 0 aromatic heterocycles. The maximum atomic E-state index is 11.6. The van der Waals surface area contributed by atoms with Gasteiger partial charge in [-0.3, -0.25) is 4.89 Å². The van der Waals surface area contributed by atoms with Gasteiger partial charge in [0.15, 0.2) is 0 Å². The molecular weight excluding hydrogens is 254 g/mol. The fraction of sp³-hybridized carbons (Fsp3) is 0.462. The standard InChI is InChI=1S/C13H18ClNO3/c1-4-10-7-9(5-6-11(10)14)8-12(15-2)13(16)18-17-3/h5-7,12,15H,4,8H2,1-3H3/t12-/m0/s1. The smallest absolute Gasteiger partial charge is 0.307 e. The predicted molar refractivity (Wildman–Crippen MR) is 70.5 cm³/mol. The Morgan fingerprint density at radius 3 is 2.78 bits per heavy atom. The van der Waals surface area contributed by atoms with Gasteiger partial charge in [0, 0.05) is 5.02 Å². The van der Waals surface area contributed by atoms with Crippen LogP contribution >= 0.6 is 11.6 Å². The zero-order valence-electron chi connectivity index (χ0n) is 10.8. The molecule has 0 amide bonds. The lowest BCUT2D eigenvalue weighted by Crippen LogP contribution is -2.37. The van der Waals surface area contributed by atoms with Crippen molar-refractivity contribution < 1.29 is 14.6 Å². The van der Waals surface area contributed by atoms with Gasteiger partial charge in [0.05, 0.1) is 7.11 Å². The average Bonchev–Trinajstić information content (AvgIpc) is 2.37. The Hall–Kier alpha value is -1.10. The molecule has 5 heteroatoms. The molecule has 0 heterocycles. The van der Waals surface area contributed by atoms with Crippen molar-refractivity contribution in [2.45, 2.75) is 25.8 Å². The second-order valence-corrected chi connectivity index (χ2v) is 4.30. The summed E-state index contributed by atoms with van der Waals surface area (Å²) < 4.78 is 0. The van der Waals surface area contributed by atoms with Gasteiger partial charge < -0.3 is 5.32 Å². The molecule has 0 unspecified atom stereocenters. The third-order valence-corrected chi connectivity index (χ3v) is 3.10. The zero-order chi connectivity index (χ0) is 13.5. The monoisotopic (exact) mass is 271 g/mol. The predicted octanol–water partition coefficient (Wildman–Crippen LogP) is 2.14. The van der Waals surface area contributed by atoms with Crippen molar-refractivity contribution in [1.29, 1.82) is 0 Å². The van der Waals surface area contributed by atoms with E-state index < -0.39 is 12.0 Å². The Morgan fingerprint density at radius 2 is 2.22 bits per heavy atom. The molecule has 0 saturated heterocycles. The second kappa shape index (κ2) is 7.36. The van der Waals surface area contributed by atoms with Gasteiger partial charge in [0.2, 0.25) is 0 Å². The number of hydrogen-bond donors (Lipinski definition) is 1. The third kappa shape index (κ3) is 3.98. The quantitative estimate of drug-likeness (QED) is 0.636. The van der Waals surface area contributed by atoms with E-state index in [4.69, 9.17) is 11.6 Å². The highest BCUT2D eigenvalue weighted by atomic mass is 35.5. The normalized spacial score (nSPS) is 12.2. The lowest BCUT2D eigenvalue weighted by molar-refractivity contribution is -0.256. The Kier molecular flexibility index (Phi) is 6.12. The van der Waals surface area contributed by atoms with E-state index in [-0.39, 0.29) is 0 Å². The highest BCUT2D eigenvalue weighted by molar-refractivity contribution is 6.31. The summed E-state index contributed by atoms with van der Waals surface area (Å²) in [5.41, 5.74) is 2.10. The number of halogens is 1. The molecule has 1 rings (SSSR count). The van der Waals surface area contributed by atoms with Gasteiger partial charge in [-0.25, -0.2) is 4.79 Å². The first-order valence-electron chi connectivity index (χ1n) is 5.81. The summed E-state index contributed by atoms with van der Waals surface area (Å²) in [5, 5.41) is 3.65. The van der Waals surface area contributed by atoms with Crippen LogP contribution in [-0.4, -0.2) is 26.2 Å². The molecule has 100 valence electrons. The van der Waals surface area contributed by atoms with Crippen LogP contribution in [0, 0.1) is 0 Å².